The topological polar surface area (TPSA) is 88.3 Å². The van der Waals surface area contributed by atoms with Crippen LogP contribution in [0.5, 0.6) is 0 Å². The highest BCUT2D eigenvalue weighted by Gasteiger charge is 2.35. The Kier molecular flexibility index (Phi) is 4.16. The van der Waals surface area contributed by atoms with Gasteiger partial charge in [0.1, 0.15) is 5.60 Å². The summed E-state index contributed by atoms with van der Waals surface area (Å²) in [5.41, 5.74) is 0.369. The minimum atomic E-state index is -3.46. The Labute approximate surface area is 107 Å². The normalized spacial score (nSPS) is 20.6. The van der Waals surface area contributed by atoms with Crippen molar-refractivity contribution >= 4 is 20.6 Å². The van der Waals surface area contributed by atoms with Gasteiger partial charge >= 0.3 is 0 Å². The third kappa shape index (κ3) is 3.83. The molecule has 1 rings (SSSR count). The van der Waals surface area contributed by atoms with Crippen molar-refractivity contribution in [3.05, 3.63) is 11.6 Å². The molecule has 0 aliphatic carbocycles. The average molecular weight is 274 g/mol. The van der Waals surface area contributed by atoms with E-state index in [1.165, 1.54) is 6.08 Å². The first-order chi connectivity index (χ1) is 8.16. The van der Waals surface area contributed by atoms with Crippen molar-refractivity contribution < 1.29 is 18.5 Å². The second-order valence-electron chi connectivity index (χ2n) is 5.00. The lowest BCUT2D eigenvalue weighted by Crippen LogP contribution is -2.24. The van der Waals surface area contributed by atoms with E-state index in [0.29, 0.717) is 11.3 Å². The molecule has 0 radical (unpaired) electrons. The lowest BCUT2D eigenvalue weighted by molar-refractivity contribution is 0.0123. The minimum Gasteiger partial charge on any atom is -0.411 e. The summed E-state index contributed by atoms with van der Waals surface area (Å²) >= 11 is 0. The van der Waals surface area contributed by atoms with Gasteiger partial charge in [-0.1, -0.05) is 15.9 Å². The van der Waals surface area contributed by atoms with Crippen LogP contribution in [-0.4, -0.2) is 35.7 Å². The van der Waals surface area contributed by atoms with Crippen LogP contribution in [0.15, 0.2) is 22.0 Å². The van der Waals surface area contributed by atoms with E-state index in [1.54, 1.807) is 27.7 Å². The molecule has 0 atom stereocenters. The molecule has 0 bridgehead atoms. The zero-order valence-electron chi connectivity index (χ0n) is 11.0. The van der Waals surface area contributed by atoms with Crippen LogP contribution < -0.4 is 0 Å². The van der Waals surface area contributed by atoms with Crippen molar-refractivity contribution in [3.8, 4) is 0 Å². The van der Waals surface area contributed by atoms with Crippen LogP contribution in [0.25, 0.3) is 0 Å². The molecule has 0 saturated carbocycles. The van der Waals surface area contributed by atoms with Crippen LogP contribution in [0.1, 0.15) is 34.1 Å². The lowest BCUT2D eigenvalue weighted by atomic mass is 10.1. The smallest absolute Gasteiger partial charge is 0.198 e. The molecule has 1 aliphatic heterocycles. The minimum absolute atomic E-state index is 0.0684. The Morgan fingerprint density at radius 3 is 2.61 bits per heavy atom. The highest BCUT2D eigenvalue weighted by atomic mass is 32.2. The van der Waals surface area contributed by atoms with Gasteiger partial charge in [-0.3, -0.25) is 0 Å². The molecule has 0 spiro atoms. The molecular weight excluding hydrogens is 256 g/mol. The number of hydrogen-bond donors (Lipinski definition) is 1. The maximum atomic E-state index is 12.0. The first-order valence-corrected chi connectivity index (χ1v) is 7.15. The molecular formula is C11H18N2O4S. The fourth-order valence-corrected chi connectivity index (χ4v) is 3.15. The Hall–Kier alpha value is -1.37. The van der Waals surface area contributed by atoms with Gasteiger partial charge < -0.3 is 10.0 Å². The fraction of sp³-hybridized carbons (Fsp3) is 0.636. The third-order valence-electron chi connectivity index (χ3n) is 2.36. The number of sulfone groups is 1. The SMILES string of the molecule is CC(=CC(C)=NO)CS(=O)(=O)C1=NOC(C)(C)C1. The van der Waals surface area contributed by atoms with E-state index in [0.717, 1.165) is 0 Å². The van der Waals surface area contributed by atoms with Crippen molar-refractivity contribution in [2.45, 2.75) is 39.7 Å². The summed E-state index contributed by atoms with van der Waals surface area (Å²) in [5.74, 6) is -0.155. The van der Waals surface area contributed by atoms with Crippen LogP contribution in [0, 0.1) is 0 Å². The molecule has 1 aliphatic rings. The third-order valence-corrected chi connectivity index (χ3v) is 4.13. The van der Waals surface area contributed by atoms with E-state index in [1.807, 2.05) is 0 Å². The van der Waals surface area contributed by atoms with Crippen molar-refractivity contribution in [2.24, 2.45) is 10.3 Å². The zero-order chi connectivity index (χ0) is 14.0. The Balaban J connectivity index is 2.82. The molecule has 0 fully saturated rings. The number of rotatable bonds is 3. The van der Waals surface area contributed by atoms with Gasteiger partial charge in [-0.15, -0.1) is 0 Å². The second-order valence-corrected chi connectivity index (χ2v) is 6.99. The molecule has 0 unspecified atom stereocenters. The highest BCUT2D eigenvalue weighted by Crippen LogP contribution is 2.25. The summed E-state index contributed by atoms with van der Waals surface area (Å²) in [7, 11) is -3.46. The molecule has 0 amide bonds. The van der Waals surface area contributed by atoms with Crippen LogP contribution >= 0.6 is 0 Å². The Morgan fingerprint density at radius 2 is 2.17 bits per heavy atom. The van der Waals surface area contributed by atoms with E-state index in [9.17, 15) is 8.42 Å². The molecule has 0 aromatic rings. The van der Waals surface area contributed by atoms with Gasteiger partial charge in [-0.2, -0.15) is 0 Å². The van der Waals surface area contributed by atoms with E-state index < -0.39 is 15.4 Å². The number of oxime groups is 2. The molecule has 7 heteroatoms. The summed E-state index contributed by atoms with van der Waals surface area (Å²) in [5, 5.41) is 15.2. The van der Waals surface area contributed by atoms with Gasteiger partial charge in [-0.05, 0) is 33.8 Å². The molecule has 1 N–H and O–H groups in total. The van der Waals surface area contributed by atoms with E-state index in [2.05, 4.69) is 10.3 Å². The molecule has 0 aromatic carbocycles. The second kappa shape index (κ2) is 5.09. The molecule has 1 heterocycles. The molecule has 18 heavy (non-hydrogen) atoms. The van der Waals surface area contributed by atoms with Crippen LogP contribution in [-0.2, 0) is 14.7 Å². The number of allylic oxidation sites excluding steroid dienone is 1. The van der Waals surface area contributed by atoms with Gasteiger partial charge in [0.2, 0.25) is 0 Å². The van der Waals surface area contributed by atoms with Gasteiger partial charge in [-0.25, -0.2) is 8.42 Å². The average Bonchev–Trinajstić information content (AvgIpc) is 2.58. The van der Waals surface area contributed by atoms with E-state index in [4.69, 9.17) is 10.0 Å². The van der Waals surface area contributed by atoms with Gasteiger partial charge in [0.15, 0.2) is 14.9 Å². The fourth-order valence-electron chi connectivity index (χ4n) is 1.58. The summed E-state index contributed by atoms with van der Waals surface area (Å²) < 4.78 is 24.1. The first-order valence-electron chi connectivity index (χ1n) is 5.50. The Morgan fingerprint density at radius 1 is 1.56 bits per heavy atom. The standard InChI is InChI=1S/C11H18N2O4S/c1-8(5-9(2)12-14)7-18(15,16)10-6-11(3,4)17-13-10/h5,14H,6-7H2,1-4H3. The van der Waals surface area contributed by atoms with Gasteiger partial charge in [0, 0.05) is 6.42 Å². The maximum Gasteiger partial charge on any atom is 0.198 e. The summed E-state index contributed by atoms with van der Waals surface area (Å²) in [4.78, 5) is 5.05. The van der Waals surface area contributed by atoms with Gasteiger partial charge in [0.25, 0.3) is 0 Å². The summed E-state index contributed by atoms with van der Waals surface area (Å²) in [6, 6.07) is 0. The zero-order valence-corrected chi connectivity index (χ0v) is 11.8. The molecule has 102 valence electrons. The first kappa shape index (κ1) is 14.7. The number of nitrogens with zero attached hydrogens (tertiary/aromatic N) is 2. The maximum absolute atomic E-state index is 12.0. The number of hydrogen-bond acceptors (Lipinski definition) is 6. The predicted octanol–water partition coefficient (Wildman–Crippen LogP) is 1.71. The van der Waals surface area contributed by atoms with Crippen LogP contribution in [0.2, 0.25) is 0 Å². The van der Waals surface area contributed by atoms with Crippen molar-refractivity contribution in [3.63, 3.8) is 0 Å². The quantitative estimate of drug-likeness (QED) is 0.482. The molecule has 0 saturated heterocycles. The van der Waals surface area contributed by atoms with E-state index in [-0.39, 0.29) is 17.2 Å². The van der Waals surface area contributed by atoms with Crippen LogP contribution in [0.3, 0.4) is 0 Å². The molecule has 6 nitrogen and oxygen atoms in total. The summed E-state index contributed by atoms with van der Waals surface area (Å²) in [6.45, 7) is 6.80. The molecule has 0 aromatic heterocycles. The monoisotopic (exact) mass is 274 g/mol. The van der Waals surface area contributed by atoms with Crippen LogP contribution in [0.4, 0.5) is 0 Å². The highest BCUT2D eigenvalue weighted by molar-refractivity contribution is 8.06. The Bertz CT molecular complexity index is 515. The van der Waals surface area contributed by atoms with Crippen molar-refractivity contribution in [2.75, 3.05) is 5.75 Å². The van der Waals surface area contributed by atoms with Gasteiger partial charge in [0.05, 0.1) is 11.5 Å². The predicted molar refractivity (Wildman–Crippen MR) is 69.7 cm³/mol. The van der Waals surface area contributed by atoms with Crippen molar-refractivity contribution in [1.29, 1.82) is 0 Å². The van der Waals surface area contributed by atoms with E-state index >= 15 is 0 Å². The lowest BCUT2D eigenvalue weighted by Gasteiger charge is -2.13. The van der Waals surface area contributed by atoms with Crippen molar-refractivity contribution in [1.82, 2.24) is 0 Å². The summed E-state index contributed by atoms with van der Waals surface area (Å²) in [6.07, 6.45) is 1.79. The largest absolute Gasteiger partial charge is 0.411 e.